The van der Waals surface area contributed by atoms with Crippen LogP contribution in [0.2, 0.25) is 0 Å². The third-order valence-electron chi connectivity index (χ3n) is 4.35. The molecule has 0 spiro atoms. The second kappa shape index (κ2) is 6.74. The lowest BCUT2D eigenvalue weighted by molar-refractivity contribution is 0.0597. The van der Waals surface area contributed by atoms with E-state index < -0.39 is 5.97 Å². The monoisotopic (exact) mass is 426 g/mol. The third kappa shape index (κ3) is 2.77. The van der Waals surface area contributed by atoms with Crippen molar-refractivity contribution in [2.24, 2.45) is 0 Å². The van der Waals surface area contributed by atoms with Crippen LogP contribution >= 0.6 is 27.3 Å². The Morgan fingerprint density at radius 3 is 2.54 bits per heavy atom. The number of methoxy groups -OCH3 is 2. The van der Waals surface area contributed by atoms with E-state index in [0.717, 1.165) is 20.8 Å². The van der Waals surface area contributed by atoms with Crippen molar-refractivity contribution in [1.29, 1.82) is 0 Å². The van der Waals surface area contributed by atoms with Gasteiger partial charge in [-0.25, -0.2) is 4.79 Å². The van der Waals surface area contributed by atoms with Crippen LogP contribution in [-0.4, -0.2) is 20.2 Å². The molecular formula is C21H15BrO3S. The molecule has 3 nitrogen and oxygen atoms in total. The van der Waals surface area contributed by atoms with Crippen molar-refractivity contribution >= 4 is 54.1 Å². The Hall–Kier alpha value is -2.37. The van der Waals surface area contributed by atoms with Crippen LogP contribution in [0.5, 0.6) is 5.75 Å². The van der Waals surface area contributed by atoms with Crippen molar-refractivity contribution in [1.82, 2.24) is 0 Å². The van der Waals surface area contributed by atoms with Crippen LogP contribution < -0.4 is 4.74 Å². The molecule has 1 heterocycles. The van der Waals surface area contributed by atoms with Crippen molar-refractivity contribution in [2.45, 2.75) is 0 Å². The normalized spacial score (nSPS) is 11.0. The quantitative estimate of drug-likeness (QED) is 0.361. The highest BCUT2D eigenvalue weighted by Crippen LogP contribution is 2.40. The van der Waals surface area contributed by atoms with Crippen LogP contribution in [-0.2, 0) is 4.74 Å². The summed E-state index contributed by atoms with van der Waals surface area (Å²) in [5.41, 5.74) is 1.52. The maximum absolute atomic E-state index is 12.1. The number of halogens is 1. The highest BCUT2D eigenvalue weighted by Gasteiger charge is 2.19. The summed E-state index contributed by atoms with van der Waals surface area (Å²) < 4.78 is 12.3. The first-order valence-electron chi connectivity index (χ1n) is 8.00. The first kappa shape index (κ1) is 17.1. The molecule has 26 heavy (non-hydrogen) atoms. The summed E-state index contributed by atoms with van der Waals surface area (Å²) in [6.07, 6.45) is 0. The second-order valence-electron chi connectivity index (χ2n) is 5.85. The number of hydrogen-bond acceptors (Lipinski definition) is 4. The van der Waals surface area contributed by atoms with Gasteiger partial charge in [-0.1, -0.05) is 30.3 Å². The second-order valence-corrected chi connectivity index (χ2v) is 7.72. The first-order chi connectivity index (χ1) is 12.6. The minimum absolute atomic E-state index is 0.405. The Kier molecular flexibility index (Phi) is 4.42. The number of thiophene rings is 1. The number of carbonyl (C=O) groups is 1. The number of fused-ring (bicyclic) bond motifs is 2. The molecular weight excluding hydrogens is 412 g/mol. The topological polar surface area (TPSA) is 35.5 Å². The molecule has 0 aliphatic rings. The minimum Gasteiger partial charge on any atom is -0.495 e. The molecule has 3 aromatic carbocycles. The fraction of sp³-hybridized carbons (Fsp3) is 0.0952. The molecule has 0 bridgehead atoms. The van der Waals surface area contributed by atoms with Crippen molar-refractivity contribution in [2.75, 3.05) is 14.2 Å². The van der Waals surface area contributed by atoms with E-state index in [1.807, 2.05) is 18.2 Å². The van der Waals surface area contributed by atoms with Crippen LogP contribution in [0.4, 0.5) is 0 Å². The van der Waals surface area contributed by atoms with E-state index >= 15 is 0 Å². The number of esters is 1. The lowest BCUT2D eigenvalue weighted by Crippen LogP contribution is -2.05. The van der Waals surface area contributed by atoms with E-state index in [0.29, 0.717) is 11.3 Å². The zero-order valence-corrected chi connectivity index (χ0v) is 16.6. The van der Waals surface area contributed by atoms with Crippen molar-refractivity contribution in [3.05, 3.63) is 64.6 Å². The van der Waals surface area contributed by atoms with Crippen molar-refractivity contribution in [3.63, 3.8) is 0 Å². The van der Waals surface area contributed by atoms with Crippen molar-refractivity contribution < 1.29 is 14.3 Å². The number of ether oxygens (including phenoxy) is 2. The molecule has 0 radical (unpaired) electrons. The average Bonchev–Trinajstić information content (AvgIpc) is 3.11. The summed E-state index contributed by atoms with van der Waals surface area (Å²) in [4.78, 5) is 13.3. The van der Waals surface area contributed by atoms with Gasteiger partial charge in [-0.05, 0) is 61.9 Å². The highest BCUT2D eigenvalue weighted by atomic mass is 79.9. The van der Waals surface area contributed by atoms with Crippen LogP contribution in [0.3, 0.4) is 0 Å². The molecule has 0 fully saturated rings. The molecule has 0 N–H and O–H groups in total. The predicted molar refractivity (Wildman–Crippen MR) is 110 cm³/mol. The maximum atomic E-state index is 12.1. The highest BCUT2D eigenvalue weighted by molar-refractivity contribution is 9.10. The molecule has 0 aliphatic heterocycles. The summed E-state index contributed by atoms with van der Waals surface area (Å²) in [7, 11) is 2.91. The Labute approximate surface area is 163 Å². The molecule has 1 aromatic heterocycles. The molecule has 0 saturated carbocycles. The lowest BCUT2D eigenvalue weighted by Gasteiger charge is -2.12. The Morgan fingerprint density at radius 1 is 1.00 bits per heavy atom. The van der Waals surface area contributed by atoms with E-state index in [-0.39, 0.29) is 0 Å². The molecule has 0 unspecified atom stereocenters. The van der Waals surface area contributed by atoms with Gasteiger partial charge in [-0.2, -0.15) is 0 Å². The zero-order valence-electron chi connectivity index (χ0n) is 14.2. The van der Waals surface area contributed by atoms with Gasteiger partial charge in [0.25, 0.3) is 0 Å². The predicted octanol–water partition coefficient (Wildman–Crippen LogP) is 6.28. The van der Waals surface area contributed by atoms with Gasteiger partial charge in [0.15, 0.2) is 0 Å². The smallest absolute Gasteiger partial charge is 0.341 e. The number of hydrogen-bond donors (Lipinski definition) is 0. The van der Waals surface area contributed by atoms with Crippen LogP contribution in [0, 0.1) is 0 Å². The van der Waals surface area contributed by atoms with Gasteiger partial charge < -0.3 is 9.47 Å². The molecule has 0 amide bonds. The minimum atomic E-state index is -0.420. The van der Waals surface area contributed by atoms with E-state index in [9.17, 15) is 4.79 Å². The Bertz CT molecular complexity index is 1110. The zero-order chi connectivity index (χ0) is 18.3. The lowest BCUT2D eigenvalue weighted by atomic mass is 10.0. The van der Waals surface area contributed by atoms with Crippen LogP contribution in [0.1, 0.15) is 10.4 Å². The van der Waals surface area contributed by atoms with Gasteiger partial charge in [0, 0.05) is 9.58 Å². The molecule has 5 heteroatoms. The van der Waals surface area contributed by atoms with Gasteiger partial charge in [0.2, 0.25) is 0 Å². The van der Waals surface area contributed by atoms with E-state index in [1.54, 1.807) is 18.4 Å². The van der Waals surface area contributed by atoms with Gasteiger partial charge >= 0.3 is 5.97 Å². The first-order valence-corrected chi connectivity index (χ1v) is 9.61. The number of benzene rings is 3. The van der Waals surface area contributed by atoms with Gasteiger partial charge in [0.05, 0.1) is 18.7 Å². The maximum Gasteiger partial charge on any atom is 0.341 e. The fourth-order valence-corrected chi connectivity index (χ4v) is 4.88. The van der Waals surface area contributed by atoms with Crippen LogP contribution in [0.25, 0.3) is 31.3 Å². The Morgan fingerprint density at radius 2 is 1.81 bits per heavy atom. The SMILES string of the molecule is COC(=O)c1cc2cc(-c3cc4ccccc4s3)ccc2c(Br)c1OC. The molecule has 4 aromatic rings. The van der Waals surface area contributed by atoms with E-state index in [1.165, 1.54) is 22.1 Å². The van der Waals surface area contributed by atoms with Gasteiger partial charge in [-0.3, -0.25) is 0 Å². The molecule has 130 valence electrons. The standard InChI is InChI=1S/C21H15BrO3S/c1-24-20-16(21(23)25-2)10-14-9-13(7-8-15(14)19(20)22)18-11-12-5-3-4-6-17(12)26-18/h3-11H,1-2H3. The molecule has 0 aliphatic carbocycles. The van der Waals surface area contributed by atoms with E-state index in [4.69, 9.17) is 9.47 Å². The van der Waals surface area contributed by atoms with Crippen molar-refractivity contribution in [3.8, 4) is 16.2 Å². The Balaban J connectivity index is 1.92. The summed E-state index contributed by atoms with van der Waals surface area (Å²) in [5.74, 6) is 0.0654. The van der Waals surface area contributed by atoms with Crippen LogP contribution in [0.15, 0.2) is 59.1 Å². The molecule has 4 rings (SSSR count). The average molecular weight is 427 g/mol. The molecule has 0 atom stereocenters. The largest absolute Gasteiger partial charge is 0.495 e. The summed E-state index contributed by atoms with van der Waals surface area (Å²) in [6, 6.07) is 18.6. The fourth-order valence-electron chi connectivity index (χ4n) is 3.08. The third-order valence-corrected chi connectivity index (χ3v) is 6.30. The number of carbonyl (C=O) groups excluding carboxylic acids is 1. The van der Waals surface area contributed by atoms with Gasteiger partial charge in [-0.15, -0.1) is 11.3 Å². The summed E-state index contributed by atoms with van der Waals surface area (Å²) in [6.45, 7) is 0. The van der Waals surface area contributed by atoms with E-state index in [2.05, 4.69) is 52.3 Å². The van der Waals surface area contributed by atoms with Gasteiger partial charge in [0.1, 0.15) is 11.3 Å². The summed E-state index contributed by atoms with van der Waals surface area (Å²) >= 11 is 5.33. The summed E-state index contributed by atoms with van der Waals surface area (Å²) in [5, 5.41) is 3.17. The number of rotatable bonds is 3. The molecule has 0 saturated heterocycles.